The molecule has 0 aliphatic heterocycles. The van der Waals surface area contributed by atoms with Crippen LogP contribution in [0.4, 0.5) is 0 Å². The smallest absolute Gasteiger partial charge is 0.325 e. The lowest BCUT2D eigenvalue weighted by atomic mass is 10.1. The third-order valence-electron chi connectivity index (χ3n) is 3.16. The molecule has 2 rings (SSSR count). The van der Waals surface area contributed by atoms with Crippen LogP contribution in [0.25, 0.3) is 0 Å². The van der Waals surface area contributed by atoms with Gasteiger partial charge in [0, 0.05) is 6.54 Å². The highest BCUT2D eigenvalue weighted by atomic mass is 16.5. The molecule has 1 unspecified atom stereocenters. The molecule has 0 fully saturated rings. The molecular weight excluding hydrogens is 278 g/mol. The van der Waals surface area contributed by atoms with Crippen LogP contribution < -0.4 is 10.1 Å². The normalized spacial score (nSPS) is 12.1. The zero-order valence-electron chi connectivity index (χ0n) is 12.8. The van der Waals surface area contributed by atoms with Gasteiger partial charge in [0.2, 0.25) is 0 Å². The van der Waals surface area contributed by atoms with E-state index in [0.717, 1.165) is 5.56 Å². The van der Waals surface area contributed by atoms with Crippen molar-refractivity contribution in [2.24, 2.45) is 0 Å². The largest absolute Gasteiger partial charge is 0.491 e. The summed E-state index contributed by atoms with van der Waals surface area (Å²) in [5.41, 5.74) is 1.73. The second-order valence-electron chi connectivity index (χ2n) is 5.38. The summed E-state index contributed by atoms with van der Waals surface area (Å²) in [5, 5.41) is 12.6. The number of hydrogen-bond donors (Lipinski definition) is 2. The fourth-order valence-corrected chi connectivity index (χ4v) is 2.20. The number of carbonyl (C=O) groups is 1. The SMILES string of the molecule is CC(C)Oc1cccc(C(NCc2ccccc2)C(=O)O)c1. The second-order valence-corrected chi connectivity index (χ2v) is 5.38. The predicted octanol–water partition coefficient (Wildman–Crippen LogP) is 3.39. The van der Waals surface area contributed by atoms with E-state index < -0.39 is 12.0 Å². The van der Waals surface area contributed by atoms with Gasteiger partial charge in [-0.15, -0.1) is 0 Å². The molecule has 0 bridgehead atoms. The van der Waals surface area contributed by atoms with Crippen molar-refractivity contribution in [1.82, 2.24) is 5.32 Å². The molecule has 0 amide bonds. The Balaban J connectivity index is 2.12. The molecule has 0 heterocycles. The van der Waals surface area contributed by atoms with Gasteiger partial charge in [-0.05, 0) is 37.1 Å². The number of hydrogen-bond acceptors (Lipinski definition) is 3. The Kier molecular flexibility index (Phi) is 5.55. The Morgan fingerprint density at radius 1 is 1.14 bits per heavy atom. The van der Waals surface area contributed by atoms with Crippen molar-refractivity contribution in [1.29, 1.82) is 0 Å². The van der Waals surface area contributed by atoms with Gasteiger partial charge >= 0.3 is 5.97 Å². The zero-order valence-corrected chi connectivity index (χ0v) is 12.8. The first kappa shape index (κ1) is 16.0. The van der Waals surface area contributed by atoms with Crippen LogP contribution in [0, 0.1) is 0 Å². The van der Waals surface area contributed by atoms with E-state index >= 15 is 0 Å². The van der Waals surface area contributed by atoms with Gasteiger partial charge in [0.1, 0.15) is 11.8 Å². The molecule has 0 aromatic heterocycles. The maximum atomic E-state index is 11.6. The standard InChI is InChI=1S/C18H21NO3/c1-13(2)22-16-10-6-9-15(11-16)17(18(20)21)19-12-14-7-4-3-5-8-14/h3-11,13,17,19H,12H2,1-2H3,(H,20,21). The first-order valence-electron chi connectivity index (χ1n) is 7.33. The lowest BCUT2D eigenvalue weighted by Crippen LogP contribution is -2.28. The Labute approximate surface area is 130 Å². The molecular formula is C18H21NO3. The van der Waals surface area contributed by atoms with E-state index in [4.69, 9.17) is 4.74 Å². The minimum atomic E-state index is -0.905. The van der Waals surface area contributed by atoms with Crippen LogP contribution in [0.2, 0.25) is 0 Å². The van der Waals surface area contributed by atoms with Crippen molar-refractivity contribution in [3.8, 4) is 5.75 Å². The van der Waals surface area contributed by atoms with Crippen LogP contribution in [-0.2, 0) is 11.3 Å². The average Bonchev–Trinajstić information content (AvgIpc) is 2.48. The summed E-state index contributed by atoms with van der Waals surface area (Å²) in [7, 11) is 0. The summed E-state index contributed by atoms with van der Waals surface area (Å²) >= 11 is 0. The summed E-state index contributed by atoms with van der Waals surface area (Å²) in [4.78, 5) is 11.6. The number of ether oxygens (including phenoxy) is 1. The Morgan fingerprint density at radius 3 is 2.50 bits per heavy atom. The fraction of sp³-hybridized carbons (Fsp3) is 0.278. The van der Waals surface area contributed by atoms with Gasteiger partial charge in [-0.1, -0.05) is 42.5 Å². The third kappa shape index (κ3) is 4.60. The molecule has 0 aliphatic carbocycles. The van der Waals surface area contributed by atoms with Crippen molar-refractivity contribution < 1.29 is 14.6 Å². The minimum absolute atomic E-state index is 0.0517. The molecule has 0 saturated carbocycles. The van der Waals surface area contributed by atoms with Gasteiger partial charge in [-0.2, -0.15) is 0 Å². The van der Waals surface area contributed by atoms with Gasteiger partial charge in [0.05, 0.1) is 6.10 Å². The van der Waals surface area contributed by atoms with Gasteiger partial charge < -0.3 is 9.84 Å². The predicted molar refractivity (Wildman–Crippen MR) is 85.9 cm³/mol. The van der Waals surface area contributed by atoms with Crippen LogP contribution >= 0.6 is 0 Å². The highest BCUT2D eigenvalue weighted by Gasteiger charge is 2.19. The van der Waals surface area contributed by atoms with Crippen molar-refractivity contribution >= 4 is 5.97 Å². The maximum absolute atomic E-state index is 11.6. The molecule has 0 spiro atoms. The molecule has 4 heteroatoms. The molecule has 0 radical (unpaired) electrons. The van der Waals surface area contributed by atoms with Crippen LogP contribution in [0.1, 0.15) is 31.0 Å². The fourth-order valence-electron chi connectivity index (χ4n) is 2.20. The first-order chi connectivity index (χ1) is 10.6. The summed E-state index contributed by atoms with van der Waals surface area (Å²) in [6.07, 6.45) is 0.0517. The van der Waals surface area contributed by atoms with Crippen LogP contribution in [-0.4, -0.2) is 17.2 Å². The van der Waals surface area contributed by atoms with Gasteiger partial charge in [0.25, 0.3) is 0 Å². The molecule has 0 aliphatic rings. The monoisotopic (exact) mass is 299 g/mol. The van der Waals surface area contributed by atoms with Crippen molar-refractivity contribution in [2.45, 2.75) is 32.5 Å². The Bertz CT molecular complexity index is 611. The van der Waals surface area contributed by atoms with Crippen molar-refractivity contribution in [2.75, 3.05) is 0 Å². The minimum Gasteiger partial charge on any atom is -0.491 e. The molecule has 116 valence electrons. The van der Waals surface area contributed by atoms with Crippen LogP contribution in [0.5, 0.6) is 5.75 Å². The summed E-state index contributed by atoms with van der Waals surface area (Å²) in [6.45, 7) is 4.37. The second kappa shape index (κ2) is 7.61. The van der Waals surface area contributed by atoms with E-state index in [2.05, 4.69) is 5.32 Å². The number of benzene rings is 2. The Hall–Kier alpha value is -2.33. The summed E-state index contributed by atoms with van der Waals surface area (Å²) in [6, 6.07) is 16.2. The Morgan fingerprint density at radius 2 is 1.86 bits per heavy atom. The number of aliphatic carboxylic acids is 1. The number of carboxylic acids is 1. The highest BCUT2D eigenvalue weighted by Crippen LogP contribution is 2.21. The van der Waals surface area contributed by atoms with Gasteiger partial charge in [0.15, 0.2) is 0 Å². The number of rotatable bonds is 7. The van der Waals surface area contributed by atoms with Gasteiger partial charge in [-0.25, -0.2) is 0 Å². The zero-order chi connectivity index (χ0) is 15.9. The van der Waals surface area contributed by atoms with E-state index in [0.29, 0.717) is 17.9 Å². The maximum Gasteiger partial charge on any atom is 0.325 e. The highest BCUT2D eigenvalue weighted by molar-refractivity contribution is 5.75. The number of nitrogens with one attached hydrogen (secondary N) is 1. The average molecular weight is 299 g/mol. The lowest BCUT2D eigenvalue weighted by Gasteiger charge is -2.17. The third-order valence-corrected chi connectivity index (χ3v) is 3.16. The molecule has 0 saturated heterocycles. The van der Waals surface area contributed by atoms with Crippen LogP contribution in [0.15, 0.2) is 54.6 Å². The van der Waals surface area contributed by atoms with E-state index in [1.165, 1.54) is 0 Å². The van der Waals surface area contributed by atoms with Gasteiger partial charge in [-0.3, -0.25) is 10.1 Å². The molecule has 2 aromatic rings. The summed E-state index contributed by atoms with van der Waals surface area (Å²) < 4.78 is 5.63. The number of carboxylic acid groups (broad SMARTS) is 1. The quantitative estimate of drug-likeness (QED) is 0.823. The summed E-state index contributed by atoms with van der Waals surface area (Å²) in [5.74, 6) is -0.224. The van der Waals surface area contributed by atoms with E-state index in [1.807, 2.05) is 56.3 Å². The first-order valence-corrected chi connectivity index (χ1v) is 7.33. The van der Waals surface area contributed by atoms with E-state index in [1.54, 1.807) is 12.1 Å². The van der Waals surface area contributed by atoms with Crippen molar-refractivity contribution in [3.05, 3.63) is 65.7 Å². The molecule has 1 atom stereocenters. The van der Waals surface area contributed by atoms with E-state index in [-0.39, 0.29) is 6.10 Å². The van der Waals surface area contributed by atoms with E-state index in [9.17, 15) is 9.90 Å². The lowest BCUT2D eigenvalue weighted by molar-refractivity contribution is -0.139. The van der Waals surface area contributed by atoms with Crippen LogP contribution in [0.3, 0.4) is 0 Å². The topological polar surface area (TPSA) is 58.6 Å². The molecule has 2 N–H and O–H groups in total. The molecule has 4 nitrogen and oxygen atoms in total. The molecule has 22 heavy (non-hydrogen) atoms. The van der Waals surface area contributed by atoms with Crippen molar-refractivity contribution in [3.63, 3.8) is 0 Å². The molecule has 2 aromatic carbocycles.